The van der Waals surface area contributed by atoms with Gasteiger partial charge in [-0.15, -0.1) is 0 Å². The third-order valence-electron chi connectivity index (χ3n) is 2.34. The van der Waals surface area contributed by atoms with Crippen LogP contribution in [0.4, 0.5) is 0 Å². The van der Waals surface area contributed by atoms with Crippen molar-refractivity contribution in [3.05, 3.63) is 12.2 Å². The lowest BCUT2D eigenvalue weighted by Gasteiger charge is -2.16. The Labute approximate surface area is 64.3 Å². The lowest BCUT2D eigenvalue weighted by atomic mass is 9.90. The molecule has 10 heavy (non-hydrogen) atoms. The van der Waals surface area contributed by atoms with Crippen LogP contribution in [0.25, 0.3) is 0 Å². The molecule has 1 aliphatic rings. The Balaban J connectivity index is 2.10. The second-order valence-corrected chi connectivity index (χ2v) is 3.29. The van der Waals surface area contributed by atoms with E-state index in [0.717, 1.165) is 5.92 Å². The van der Waals surface area contributed by atoms with Crippen molar-refractivity contribution in [2.24, 2.45) is 5.92 Å². The molecule has 0 aromatic carbocycles. The molecular weight excluding hydrogens is 120 g/mol. The van der Waals surface area contributed by atoms with Gasteiger partial charge < -0.3 is 0 Å². The normalized spacial score (nSPS) is 25.1. The zero-order valence-electron chi connectivity index (χ0n) is 6.97. The SMILES string of the molecule is CCCCC1CC=CCC1. The van der Waals surface area contributed by atoms with Crippen LogP contribution in [0.2, 0.25) is 0 Å². The lowest BCUT2D eigenvalue weighted by Crippen LogP contribution is -2.01. The van der Waals surface area contributed by atoms with Gasteiger partial charge in [0, 0.05) is 0 Å². The molecule has 0 saturated carbocycles. The Bertz CT molecular complexity index is 103. The molecule has 1 atom stereocenters. The second kappa shape index (κ2) is 4.54. The molecule has 0 spiro atoms. The summed E-state index contributed by atoms with van der Waals surface area (Å²) in [7, 11) is 0. The minimum absolute atomic E-state index is 1.02. The lowest BCUT2D eigenvalue weighted by molar-refractivity contribution is 0.429. The average molecular weight is 138 g/mol. The predicted octanol–water partition coefficient (Wildman–Crippen LogP) is 3.53. The van der Waals surface area contributed by atoms with Gasteiger partial charge in [-0.25, -0.2) is 0 Å². The summed E-state index contributed by atoms with van der Waals surface area (Å²) in [4.78, 5) is 0. The first-order valence-corrected chi connectivity index (χ1v) is 4.58. The maximum absolute atomic E-state index is 2.35. The van der Waals surface area contributed by atoms with Crippen molar-refractivity contribution in [3.8, 4) is 0 Å². The van der Waals surface area contributed by atoms with Crippen molar-refractivity contribution in [1.82, 2.24) is 0 Å². The average Bonchev–Trinajstić information content (AvgIpc) is 2.03. The summed E-state index contributed by atoms with van der Waals surface area (Å²) in [6.07, 6.45) is 13.0. The number of allylic oxidation sites excluding steroid dienone is 2. The highest BCUT2D eigenvalue weighted by Crippen LogP contribution is 2.22. The Hall–Kier alpha value is -0.260. The summed E-state index contributed by atoms with van der Waals surface area (Å²) < 4.78 is 0. The monoisotopic (exact) mass is 138 g/mol. The smallest absolute Gasteiger partial charge is 0.0322 e. The second-order valence-electron chi connectivity index (χ2n) is 3.29. The predicted molar refractivity (Wildman–Crippen MR) is 46.0 cm³/mol. The van der Waals surface area contributed by atoms with Crippen molar-refractivity contribution < 1.29 is 0 Å². The van der Waals surface area contributed by atoms with E-state index in [1.54, 1.807) is 0 Å². The molecule has 1 rings (SSSR count). The van der Waals surface area contributed by atoms with E-state index < -0.39 is 0 Å². The third-order valence-corrected chi connectivity index (χ3v) is 2.34. The number of unbranched alkanes of at least 4 members (excludes halogenated alkanes) is 1. The van der Waals surface area contributed by atoms with E-state index in [4.69, 9.17) is 0 Å². The molecule has 58 valence electrons. The van der Waals surface area contributed by atoms with Crippen molar-refractivity contribution >= 4 is 0 Å². The molecule has 0 saturated heterocycles. The van der Waals surface area contributed by atoms with Gasteiger partial charge in [-0.2, -0.15) is 0 Å². The maximum Gasteiger partial charge on any atom is -0.0322 e. The van der Waals surface area contributed by atoms with Gasteiger partial charge in [0.15, 0.2) is 0 Å². The van der Waals surface area contributed by atoms with E-state index in [9.17, 15) is 0 Å². The van der Waals surface area contributed by atoms with Crippen molar-refractivity contribution in [2.75, 3.05) is 0 Å². The summed E-state index contributed by atoms with van der Waals surface area (Å²) in [5.41, 5.74) is 0. The van der Waals surface area contributed by atoms with Crippen molar-refractivity contribution in [2.45, 2.75) is 45.4 Å². The van der Waals surface area contributed by atoms with Gasteiger partial charge in [0.2, 0.25) is 0 Å². The Morgan fingerprint density at radius 3 is 2.90 bits per heavy atom. The molecule has 0 heteroatoms. The highest BCUT2D eigenvalue weighted by Gasteiger charge is 2.07. The highest BCUT2D eigenvalue weighted by atomic mass is 14.1. The van der Waals surface area contributed by atoms with Crippen LogP contribution in [0.3, 0.4) is 0 Å². The van der Waals surface area contributed by atoms with Gasteiger partial charge in [0.25, 0.3) is 0 Å². The van der Waals surface area contributed by atoms with E-state index in [1.165, 1.54) is 38.5 Å². The molecule has 0 fully saturated rings. The van der Waals surface area contributed by atoms with E-state index >= 15 is 0 Å². The first-order chi connectivity index (χ1) is 4.93. The Kier molecular flexibility index (Phi) is 3.56. The zero-order chi connectivity index (χ0) is 7.23. The molecule has 0 nitrogen and oxygen atoms in total. The van der Waals surface area contributed by atoms with E-state index in [-0.39, 0.29) is 0 Å². The Morgan fingerprint density at radius 1 is 1.40 bits per heavy atom. The summed E-state index contributed by atoms with van der Waals surface area (Å²) in [5, 5.41) is 0. The van der Waals surface area contributed by atoms with Gasteiger partial charge >= 0.3 is 0 Å². The largest absolute Gasteiger partial charge is 0.0885 e. The molecule has 1 unspecified atom stereocenters. The maximum atomic E-state index is 2.35. The van der Waals surface area contributed by atoms with Gasteiger partial charge in [-0.1, -0.05) is 38.3 Å². The molecule has 0 aromatic rings. The molecular formula is C10H18. The van der Waals surface area contributed by atoms with Crippen LogP contribution in [-0.4, -0.2) is 0 Å². The van der Waals surface area contributed by atoms with E-state index in [2.05, 4.69) is 19.1 Å². The molecule has 0 heterocycles. The molecule has 0 amide bonds. The van der Waals surface area contributed by atoms with Crippen molar-refractivity contribution in [1.29, 1.82) is 0 Å². The summed E-state index contributed by atoms with van der Waals surface area (Å²) >= 11 is 0. The number of hydrogen-bond acceptors (Lipinski definition) is 0. The summed E-state index contributed by atoms with van der Waals surface area (Å²) in [6, 6.07) is 0. The summed E-state index contributed by atoms with van der Waals surface area (Å²) in [6.45, 7) is 2.28. The minimum Gasteiger partial charge on any atom is -0.0885 e. The van der Waals surface area contributed by atoms with E-state index in [1.807, 2.05) is 0 Å². The number of rotatable bonds is 3. The fourth-order valence-electron chi connectivity index (χ4n) is 1.61. The van der Waals surface area contributed by atoms with E-state index in [0.29, 0.717) is 0 Å². The summed E-state index contributed by atoms with van der Waals surface area (Å²) in [5.74, 6) is 1.02. The van der Waals surface area contributed by atoms with Crippen LogP contribution < -0.4 is 0 Å². The first-order valence-electron chi connectivity index (χ1n) is 4.58. The van der Waals surface area contributed by atoms with Crippen LogP contribution in [0.15, 0.2) is 12.2 Å². The molecule has 0 aliphatic heterocycles. The van der Waals surface area contributed by atoms with Crippen molar-refractivity contribution in [3.63, 3.8) is 0 Å². The van der Waals surface area contributed by atoms with Crippen LogP contribution >= 0.6 is 0 Å². The van der Waals surface area contributed by atoms with Gasteiger partial charge in [-0.3, -0.25) is 0 Å². The van der Waals surface area contributed by atoms with Gasteiger partial charge in [0.1, 0.15) is 0 Å². The van der Waals surface area contributed by atoms with Gasteiger partial charge in [0.05, 0.1) is 0 Å². The number of hydrogen-bond donors (Lipinski definition) is 0. The molecule has 0 bridgehead atoms. The van der Waals surface area contributed by atoms with Crippen LogP contribution in [0, 0.1) is 5.92 Å². The fourth-order valence-corrected chi connectivity index (χ4v) is 1.61. The third kappa shape index (κ3) is 2.55. The molecule has 0 aromatic heterocycles. The Morgan fingerprint density at radius 2 is 2.30 bits per heavy atom. The van der Waals surface area contributed by atoms with Crippen LogP contribution in [0.5, 0.6) is 0 Å². The van der Waals surface area contributed by atoms with Crippen LogP contribution in [-0.2, 0) is 0 Å². The minimum atomic E-state index is 1.02. The fraction of sp³-hybridized carbons (Fsp3) is 0.800. The zero-order valence-corrected chi connectivity index (χ0v) is 6.97. The molecule has 1 aliphatic carbocycles. The highest BCUT2D eigenvalue weighted by molar-refractivity contribution is 4.89. The van der Waals surface area contributed by atoms with Crippen LogP contribution in [0.1, 0.15) is 45.4 Å². The topological polar surface area (TPSA) is 0 Å². The van der Waals surface area contributed by atoms with Gasteiger partial charge in [-0.05, 0) is 25.2 Å². The molecule has 0 N–H and O–H groups in total. The quantitative estimate of drug-likeness (QED) is 0.523. The standard InChI is InChI=1S/C10H18/c1-2-3-7-10-8-5-4-6-9-10/h4-5,10H,2-3,6-9H2,1H3. The molecule has 0 radical (unpaired) electrons. The first kappa shape index (κ1) is 7.84.